The number of terminal acetylenes is 1. The van der Waals surface area contributed by atoms with Gasteiger partial charge in [0, 0.05) is 11.1 Å². The average Bonchev–Trinajstić information content (AvgIpc) is 2.52. The van der Waals surface area contributed by atoms with Gasteiger partial charge in [-0.25, -0.2) is 4.98 Å². The summed E-state index contributed by atoms with van der Waals surface area (Å²) in [6.07, 6.45) is 5.04. The van der Waals surface area contributed by atoms with Crippen molar-refractivity contribution in [3.8, 4) is 12.3 Å². The van der Waals surface area contributed by atoms with Crippen LogP contribution in [-0.4, -0.2) is 22.6 Å². The highest BCUT2D eigenvalue weighted by Gasteiger charge is 2.21. The normalized spacial score (nSPS) is 12.0. The number of carboxylic acids is 1. The number of aliphatic carboxylic acids is 1. The Bertz CT molecular complexity index is 367. The summed E-state index contributed by atoms with van der Waals surface area (Å²) in [5, 5.41) is 13.9. The van der Waals surface area contributed by atoms with Gasteiger partial charge in [0.05, 0.1) is 6.54 Å². The van der Waals surface area contributed by atoms with Crippen LogP contribution in [0.2, 0.25) is 0 Å². The van der Waals surface area contributed by atoms with Crippen molar-refractivity contribution in [3.05, 3.63) is 16.1 Å². The molecule has 4 nitrogen and oxygen atoms in total. The molecule has 5 heteroatoms. The first-order valence-corrected chi connectivity index (χ1v) is 4.84. The maximum Gasteiger partial charge on any atom is 0.327 e. The molecule has 0 aromatic carbocycles. The van der Waals surface area contributed by atoms with Gasteiger partial charge in [-0.3, -0.25) is 10.1 Å². The molecule has 0 saturated carbocycles. The maximum absolute atomic E-state index is 10.9. The first-order chi connectivity index (χ1) is 6.65. The first kappa shape index (κ1) is 10.7. The number of carboxylic acid groups (broad SMARTS) is 1. The lowest BCUT2D eigenvalue weighted by molar-refractivity contribution is -0.139. The Balaban J connectivity index is 2.78. The van der Waals surface area contributed by atoms with E-state index in [1.165, 1.54) is 11.3 Å². The smallest absolute Gasteiger partial charge is 0.327 e. The third kappa shape index (κ3) is 2.55. The molecule has 0 aliphatic carbocycles. The average molecular weight is 210 g/mol. The van der Waals surface area contributed by atoms with Crippen molar-refractivity contribution in [1.29, 1.82) is 0 Å². The molecule has 0 amide bonds. The molecule has 0 fully saturated rings. The van der Waals surface area contributed by atoms with Crippen LogP contribution in [0.3, 0.4) is 0 Å². The minimum atomic E-state index is -0.963. The van der Waals surface area contributed by atoms with Crippen LogP contribution in [0.25, 0.3) is 0 Å². The fraction of sp³-hybridized carbons (Fsp3) is 0.333. The van der Waals surface area contributed by atoms with Crippen LogP contribution in [-0.2, 0) is 4.79 Å². The predicted octanol–water partition coefficient (Wildman–Crippen LogP) is 0.800. The van der Waals surface area contributed by atoms with Crippen LogP contribution < -0.4 is 5.32 Å². The molecule has 1 aromatic rings. The van der Waals surface area contributed by atoms with Gasteiger partial charge >= 0.3 is 5.97 Å². The molecule has 0 radical (unpaired) electrons. The Morgan fingerprint density at radius 1 is 1.93 bits per heavy atom. The third-order valence-electron chi connectivity index (χ3n) is 1.54. The molecule has 1 unspecified atom stereocenters. The van der Waals surface area contributed by atoms with E-state index in [0.717, 1.165) is 5.69 Å². The van der Waals surface area contributed by atoms with Crippen LogP contribution >= 0.6 is 11.3 Å². The zero-order valence-corrected chi connectivity index (χ0v) is 8.47. The lowest BCUT2D eigenvalue weighted by atomic mass is 10.3. The van der Waals surface area contributed by atoms with Gasteiger partial charge in [0.1, 0.15) is 5.01 Å². The summed E-state index contributed by atoms with van der Waals surface area (Å²) in [6, 6.07) is -0.801. The second-order valence-electron chi connectivity index (χ2n) is 2.68. The summed E-state index contributed by atoms with van der Waals surface area (Å²) >= 11 is 1.31. The number of thiazole rings is 1. The van der Waals surface area contributed by atoms with E-state index in [0.29, 0.717) is 5.01 Å². The lowest BCUT2D eigenvalue weighted by Crippen LogP contribution is -2.28. The van der Waals surface area contributed by atoms with Crippen LogP contribution in [0.1, 0.15) is 16.7 Å². The molecular weight excluding hydrogens is 200 g/mol. The van der Waals surface area contributed by atoms with Crippen molar-refractivity contribution in [2.75, 3.05) is 6.54 Å². The summed E-state index contributed by atoms with van der Waals surface area (Å²) < 4.78 is 0. The molecule has 0 spiro atoms. The van der Waals surface area contributed by atoms with Crippen molar-refractivity contribution in [1.82, 2.24) is 10.3 Å². The summed E-state index contributed by atoms with van der Waals surface area (Å²) in [4.78, 5) is 14.9. The van der Waals surface area contributed by atoms with E-state index < -0.39 is 12.0 Å². The van der Waals surface area contributed by atoms with Crippen molar-refractivity contribution in [3.63, 3.8) is 0 Å². The van der Waals surface area contributed by atoms with Gasteiger partial charge in [0.2, 0.25) is 0 Å². The van der Waals surface area contributed by atoms with Crippen LogP contribution in [0.4, 0.5) is 0 Å². The number of aryl methyl sites for hydroxylation is 1. The van der Waals surface area contributed by atoms with Crippen molar-refractivity contribution in [2.45, 2.75) is 13.0 Å². The van der Waals surface area contributed by atoms with Gasteiger partial charge in [0.25, 0.3) is 0 Å². The van der Waals surface area contributed by atoms with Crippen LogP contribution in [0, 0.1) is 19.3 Å². The minimum Gasteiger partial charge on any atom is -0.480 e. The van der Waals surface area contributed by atoms with E-state index in [4.69, 9.17) is 11.5 Å². The Morgan fingerprint density at radius 2 is 2.64 bits per heavy atom. The van der Waals surface area contributed by atoms with Gasteiger partial charge in [-0.2, -0.15) is 0 Å². The predicted molar refractivity (Wildman–Crippen MR) is 54.1 cm³/mol. The summed E-state index contributed by atoms with van der Waals surface area (Å²) in [7, 11) is 0. The monoisotopic (exact) mass is 210 g/mol. The number of carbonyl (C=O) groups is 1. The number of aromatic nitrogens is 1. The second-order valence-corrected chi connectivity index (χ2v) is 3.57. The molecule has 0 aliphatic heterocycles. The SMILES string of the molecule is C#CCNC(C(=O)O)c1nc(C)cs1. The Kier molecular flexibility index (Phi) is 3.63. The van der Waals surface area contributed by atoms with Crippen molar-refractivity contribution >= 4 is 17.3 Å². The summed E-state index contributed by atoms with van der Waals surface area (Å²) in [5.74, 6) is 1.37. The number of hydrogen-bond acceptors (Lipinski definition) is 4. The maximum atomic E-state index is 10.9. The highest BCUT2D eigenvalue weighted by Crippen LogP contribution is 2.17. The standard InChI is InChI=1S/C9H10N2O2S/c1-3-4-10-7(9(12)13)8-11-6(2)5-14-8/h1,5,7,10H,4H2,2H3,(H,12,13). The molecule has 2 N–H and O–H groups in total. The molecule has 1 heterocycles. The highest BCUT2D eigenvalue weighted by atomic mass is 32.1. The van der Waals surface area contributed by atoms with Gasteiger partial charge in [-0.1, -0.05) is 5.92 Å². The van der Waals surface area contributed by atoms with Gasteiger partial charge in [0.15, 0.2) is 6.04 Å². The zero-order chi connectivity index (χ0) is 10.6. The molecule has 0 saturated heterocycles. The largest absolute Gasteiger partial charge is 0.480 e. The summed E-state index contributed by atoms with van der Waals surface area (Å²) in [6.45, 7) is 2.04. The molecule has 1 atom stereocenters. The number of nitrogens with zero attached hydrogens (tertiary/aromatic N) is 1. The molecule has 0 aliphatic rings. The number of rotatable bonds is 4. The Hall–Kier alpha value is -1.38. The molecule has 14 heavy (non-hydrogen) atoms. The Labute approximate surface area is 86.0 Å². The van der Waals surface area contributed by atoms with Crippen LogP contribution in [0.5, 0.6) is 0 Å². The van der Waals surface area contributed by atoms with E-state index in [1.54, 1.807) is 0 Å². The van der Waals surface area contributed by atoms with Gasteiger partial charge in [-0.15, -0.1) is 17.8 Å². The molecular formula is C9H10N2O2S. The molecule has 1 aromatic heterocycles. The minimum absolute atomic E-state index is 0.218. The van der Waals surface area contributed by atoms with Gasteiger partial charge in [-0.05, 0) is 6.92 Å². The van der Waals surface area contributed by atoms with E-state index in [1.807, 2.05) is 12.3 Å². The topological polar surface area (TPSA) is 62.2 Å². The van der Waals surface area contributed by atoms with E-state index in [-0.39, 0.29) is 6.54 Å². The van der Waals surface area contributed by atoms with E-state index in [9.17, 15) is 4.79 Å². The summed E-state index contributed by atoms with van der Waals surface area (Å²) in [5.41, 5.74) is 0.818. The fourth-order valence-electron chi connectivity index (χ4n) is 0.946. The first-order valence-electron chi connectivity index (χ1n) is 3.97. The number of hydrogen-bond donors (Lipinski definition) is 2. The van der Waals surface area contributed by atoms with Crippen molar-refractivity contribution < 1.29 is 9.90 Å². The quantitative estimate of drug-likeness (QED) is 0.722. The zero-order valence-electron chi connectivity index (χ0n) is 7.65. The molecule has 74 valence electrons. The van der Waals surface area contributed by atoms with Crippen LogP contribution in [0.15, 0.2) is 5.38 Å². The fourth-order valence-corrected chi connectivity index (χ4v) is 1.81. The molecule has 0 bridgehead atoms. The lowest BCUT2D eigenvalue weighted by Gasteiger charge is -2.08. The number of nitrogens with one attached hydrogen (secondary N) is 1. The van der Waals surface area contributed by atoms with E-state index >= 15 is 0 Å². The van der Waals surface area contributed by atoms with Crippen molar-refractivity contribution in [2.24, 2.45) is 0 Å². The van der Waals surface area contributed by atoms with E-state index in [2.05, 4.69) is 16.2 Å². The molecule has 1 rings (SSSR count). The second kappa shape index (κ2) is 4.74. The third-order valence-corrected chi connectivity index (χ3v) is 2.57. The Morgan fingerprint density at radius 3 is 3.07 bits per heavy atom. The highest BCUT2D eigenvalue weighted by molar-refractivity contribution is 7.09. The van der Waals surface area contributed by atoms with Gasteiger partial charge < -0.3 is 5.11 Å².